The van der Waals surface area contributed by atoms with E-state index in [1.54, 1.807) is 12.1 Å². The van der Waals surface area contributed by atoms with Crippen LogP contribution >= 0.6 is 0 Å². The molecule has 2 fully saturated rings. The number of hydrogen-bond donors (Lipinski definition) is 1. The Morgan fingerprint density at radius 1 is 0.897 bits per heavy atom. The van der Waals surface area contributed by atoms with Crippen LogP contribution in [0.15, 0.2) is 48.5 Å². The lowest BCUT2D eigenvalue weighted by Crippen LogP contribution is -2.54. The van der Waals surface area contributed by atoms with E-state index in [1.807, 2.05) is 23.1 Å². The third kappa shape index (κ3) is 7.72. The van der Waals surface area contributed by atoms with Gasteiger partial charge in [-0.25, -0.2) is 0 Å². The highest BCUT2D eigenvalue weighted by Gasteiger charge is 2.39. The number of morpholine rings is 1. The van der Waals surface area contributed by atoms with E-state index in [1.165, 1.54) is 4.90 Å². The zero-order valence-corrected chi connectivity index (χ0v) is 21.0. The predicted octanol–water partition coefficient (Wildman–Crippen LogP) is 4.39. The third-order valence-electron chi connectivity index (χ3n) is 6.96. The van der Waals surface area contributed by atoms with Gasteiger partial charge in [-0.1, -0.05) is 30.3 Å². The summed E-state index contributed by atoms with van der Waals surface area (Å²) >= 11 is 0. The maximum absolute atomic E-state index is 13.4. The third-order valence-corrected chi connectivity index (χ3v) is 6.96. The lowest BCUT2D eigenvalue weighted by atomic mass is 9.91. The first kappa shape index (κ1) is 28.9. The van der Waals surface area contributed by atoms with Gasteiger partial charge < -0.3 is 15.0 Å². The molecule has 6 nitrogen and oxygen atoms in total. The Morgan fingerprint density at radius 3 is 2.10 bits per heavy atom. The van der Waals surface area contributed by atoms with Gasteiger partial charge in [-0.2, -0.15) is 26.3 Å². The molecule has 212 valence electrons. The van der Waals surface area contributed by atoms with Crippen molar-refractivity contribution in [1.82, 2.24) is 15.1 Å². The number of hydrogen-bond acceptors (Lipinski definition) is 4. The number of halogens is 6. The Morgan fingerprint density at radius 2 is 1.51 bits per heavy atom. The zero-order valence-electron chi connectivity index (χ0n) is 21.0. The molecule has 12 heteroatoms. The van der Waals surface area contributed by atoms with Crippen LogP contribution < -0.4 is 5.32 Å². The first-order valence-electron chi connectivity index (χ1n) is 12.6. The van der Waals surface area contributed by atoms with Gasteiger partial charge in [-0.05, 0) is 43.0 Å². The van der Waals surface area contributed by atoms with Crippen molar-refractivity contribution in [3.63, 3.8) is 0 Å². The van der Waals surface area contributed by atoms with E-state index in [9.17, 15) is 35.9 Å². The van der Waals surface area contributed by atoms with Crippen molar-refractivity contribution in [1.29, 1.82) is 0 Å². The molecule has 2 atom stereocenters. The van der Waals surface area contributed by atoms with Crippen molar-refractivity contribution >= 4 is 11.8 Å². The van der Waals surface area contributed by atoms with E-state index < -0.39 is 41.0 Å². The van der Waals surface area contributed by atoms with E-state index in [4.69, 9.17) is 4.74 Å². The number of ether oxygens (including phenoxy) is 1. The van der Waals surface area contributed by atoms with Crippen LogP contribution in [-0.2, 0) is 28.3 Å². The summed E-state index contributed by atoms with van der Waals surface area (Å²) < 4.78 is 85.7. The quantitative estimate of drug-likeness (QED) is 0.536. The molecular weight excluding hydrogens is 528 g/mol. The number of piperidine rings is 1. The molecule has 39 heavy (non-hydrogen) atoms. The fraction of sp³-hybridized carbons (Fsp3) is 0.481. The molecule has 0 bridgehead atoms. The van der Waals surface area contributed by atoms with Crippen LogP contribution in [0.25, 0.3) is 0 Å². The largest absolute Gasteiger partial charge is 0.416 e. The molecule has 2 unspecified atom stereocenters. The number of carbonyl (C=O) groups excluding carboxylic acids is 2. The standard InChI is InChI=1S/C27H29F6N3O3/c28-26(29,30)20-13-19(14-21(15-20)27(31,32)33)25(38)36-7-6-22(16-23(36)12-18-4-2-1-3-5-18)34-24(37)17-35-8-10-39-11-9-35/h1-5,13-15,22-23H,6-12,16-17H2,(H,34,37). The van der Waals surface area contributed by atoms with Crippen molar-refractivity contribution in [2.45, 2.75) is 43.7 Å². The summed E-state index contributed by atoms with van der Waals surface area (Å²) in [6.07, 6.45) is -9.17. The van der Waals surface area contributed by atoms with E-state index >= 15 is 0 Å². The lowest BCUT2D eigenvalue weighted by molar-refractivity contribution is -0.143. The average Bonchev–Trinajstić information content (AvgIpc) is 2.88. The van der Waals surface area contributed by atoms with Crippen LogP contribution in [0.2, 0.25) is 0 Å². The summed E-state index contributed by atoms with van der Waals surface area (Å²) in [5.74, 6) is -1.10. The van der Waals surface area contributed by atoms with Crippen molar-refractivity contribution < 1.29 is 40.7 Å². The van der Waals surface area contributed by atoms with E-state index in [-0.39, 0.29) is 31.1 Å². The molecule has 1 N–H and O–H groups in total. The van der Waals surface area contributed by atoms with Crippen LogP contribution in [0.1, 0.15) is 39.9 Å². The Kier molecular flexibility index (Phi) is 8.85. The number of nitrogens with one attached hydrogen (secondary N) is 1. The van der Waals surface area contributed by atoms with Crippen LogP contribution in [0.5, 0.6) is 0 Å². The van der Waals surface area contributed by atoms with Gasteiger partial charge in [0.05, 0.1) is 30.9 Å². The highest BCUT2D eigenvalue weighted by molar-refractivity contribution is 5.95. The molecule has 0 saturated carbocycles. The van der Waals surface area contributed by atoms with E-state index in [2.05, 4.69) is 5.32 Å². The predicted molar refractivity (Wildman–Crippen MR) is 130 cm³/mol. The molecule has 0 radical (unpaired) electrons. The minimum Gasteiger partial charge on any atom is -0.379 e. The maximum Gasteiger partial charge on any atom is 0.416 e. The Balaban J connectivity index is 1.55. The lowest BCUT2D eigenvalue weighted by Gasteiger charge is -2.40. The van der Waals surface area contributed by atoms with Crippen LogP contribution in [0.4, 0.5) is 26.3 Å². The number of benzene rings is 2. The molecule has 2 aromatic carbocycles. The molecule has 0 aromatic heterocycles. The number of amides is 2. The van der Waals surface area contributed by atoms with E-state index in [0.717, 1.165) is 5.56 Å². The average molecular weight is 558 g/mol. The molecule has 2 amide bonds. The second-order valence-corrected chi connectivity index (χ2v) is 9.81. The topological polar surface area (TPSA) is 61.9 Å². The van der Waals surface area contributed by atoms with Gasteiger partial charge in [-0.15, -0.1) is 0 Å². The molecule has 2 saturated heterocycles. The summed E-state index contributed by atoms with van der Waals surface area (Å²) in [5.41, 5.74) is -2.90. The fourth-order valence-corrected chi connectivity index (χ4v) is 5.01. The maximum atomic E-state index is 13.4. The first-order valence-corrected chi connectivity index (χ1v) is 12.6. The fourth-order valence-electron chi connectivity index (χ4n) is 5.01. The molecule has 0 spiro atoms. The summed E-state index contributed by atoms with van der Waals surface area (Å²) in [5, 5.41) is 2.98. The highest BCUT2D eigenvalue weighted by atomic mass is 19.4. The van der Waals surface area contributed by atoms with Gasteiger partial charge in [-0.3, -0.25) is 14.5 Å². The van der Waals surface area contributed by atoms with Gasteiger partial charge in [0.25, 0.3) is 5.91 Å². The number of likely N-dealkylation sites (tertiary alicyclic amines) is 1. The van der Waals surface area contributed by atoms with Gasteiger partial charge in [0, 0.05) is 37.3 Å². The summed E-state index contributed by atoms with van der Waals surface area (Å²) in [6, 6.07) is 9.15. The zero-order chi connectivity index (χ0) is 28.2. The minimum absolute atomic E-state index is 0.00840. The van der Waals surface area contributed by atoms with E-state index in [0.29, 0.717) is 57.7 Å². The van der Waals surface area contributed by atoms with Crippen LogP contribution in [0.3, 0.4) is 0 Å². The van der Waals surface area contributed by atoms with Crippen LogP contribution in [0, 0.1) is 0 Å². The minimum atomic E-state index is -5.06. The first-order chi connectivity index (χ1) is 18.4. The van der Waals surface area contributed by atoms with Gasteiger partial charge in [0.2, 0.25) is 5.91 Å². The number of rotatable bonds is 6. The molecule has 2 aromatic rings. The van der Waals surface area contributed by atoms with Crippen molar-refractivity contribution in [2.75, 3.05) is 39.4 Å². The highest BCUT2D eigenvalue weighted by Crippen LogP contribution is 2.37. The van der Waals surface area contributed by atoms with Crippen molar-refractivity contribution in [3.8, 4) is 0 Å². The summed E-state index contributed by atoms with van der Waals surface area (Å²) in [4.78, 5) is 29.4. The number of carbonyl (C=O) groups is 2. The van der Waals surface area contributed by atoms with Crippen LogP contribution in [-0.4, -0.2) is 73.1 Å². The summed E-state index contributed by atoms with van der Waals surface area (Å²) in [7, 11) is 0. The monoisotopic (exact) mass is 557 g/mol. The Labute approximate surface area is 221 Å². The second kappa shape index (κ2) is 12.0. The molecule has 2 heterocycles. The number of alkyl halides is 6. The molecule has 4 rings (SSSR count). The van der Waals surface area contributed by atoms with Crippen molar-refractivity contribution in [2.24, 2.45) is 0 Å². The smallest absolute Gasteiger partial charge is 0.379 e. The molecule has 2 aliphatic rings. The Hall–Kier alpha value is -3.12. The molecule has 0 aliphatic carbocycles. The van der Waals surface area contributed by atoms with Gasteiger partial charge in [0.1, 0.15) is 0 Å². The van der Waals surface area contributed by atoms with Gasteiger partial charge in [0.15, 0.2) is 0 Å². The Bertz CT molecular complexity index is 1120. The van der Waals surface area contributed by atoms with Gasteiger partial charge >= 0.3 is 12.4 Å². The summed E-state index contributed by atoms with van der Waals surface area (Å²) in [6.45, 7) is 2.60. The SMILES string of the molecule is O=C(CN1CCOCC1)NC1CCN(C(=O)c2cc(C(F)(F)F)cc(C(F)(F)F)c2)C(Cc2ccccc2)C1. The van der Waals surface area contributed by atoms with Crippen molar-refractivity contribution in [3.05, 3.63) is 70.8 Å². The number of nitrogens with zero attached hydrogens (tertiary/aromatic N) is 2. The second-order valence-electron chi connectivity index (χ2n) is 9.81. The molecule has 2 aliphatic heterocycles. The molecular formula is C27H29F6N3O3. The normalized spacial score (nSPS) is 21.0.